The third-order valence-corrected chi connectivity index (χ3v) is 6.13. The number of thiophene rings is 1. The highest BCUT2D eigenvalue weighted by atomic mass is 32.3. The first-order chi connectivity index (χ1) is 13.2. The number of aryl methyl sites for hydroxylation is 2. The van der Waals surface area contributed by atoms with E-state index in [2.05, 4.69) is 4.98 Å². The summed E-state index contributed by atoms with van der Waals surface area (Å²) >= 11 is 0.983. The fourth-order valence-electron chi connectivity index (χ4n) is 2.20. The zero-order chi connectivity index (χ0) is 20.9. The van der Waals surface area contributed by atoms with E-state index >= 15 is 0 Å². The molecule has 1 aromatic carbocycles. The van der Waals surface area contributed by atoms with E-state index in [-0.39, 0.29) is 4.21 Å². The Bertz CT molecular complexity index is 1120. The SMILES string of the molecule is COc1cc(S(=O)(=O)O)sc1C.Cc1ccc(-c2ccc(C#N)cn2)cc1N. The predicted molar refractivity (Wildman–Crippen MR) is 109 cm³/mol. The molecule has 2 heterocycles. The fourth-order valence-corrected chi connectivity index (χ4v) is 3.96. The van der Waals surface area contributed by atoms with Gasteiger partial charge in [0.15, 0.2) is 4.21 Å². The molecule has 0 fully saturated rings. The molecule has 9 heteroatoms. The number of nitriles is 1. The maximum Gasteiger partial charge on any atom is 0.304 e. The number of nitrogen functional groups attached to an aromatic ring is 1. The Morgan fingerprint density at radius 2 is 1.93 bits per heavy atom. The van der Waals surface area contributed by atoms with Crippen LogP contribution in [-0.4, -0.2) is 25.1 Å². The summed E-state index contributed by atoms with van der Waals surface area (Å²) < 4.78 is 34.7. The number of anilines is 1. The van der Waals surface area contributed by atoms with Crippen LogP contribution in [0.1, 0.15) is 16.0 Å². The Morgan fingerprint density at radius 3 is 2.36 bits per heavy atom. The number of rotatable bonds is 3. The van der Waals surface area contributed by atoms with Crippen LogP contribution in [0.2, 0.25) is 0 Å². The first-order valence-electron chi connectivity index (χ1n) is 8.00. The smallest absolute Gasteiger partial charge is 0.304 e. The Kier molecular flexibility index (Phi) is 6.75. The Morgan fingerprint density at radius 1 is 1.21 bits per heavy atom. The third-order valence-electron chi connectivity index (χ3n) is 3.79. The number of pyridine rings is 1. The average Bonchev–Trinajstić information content (AvgIpc) is 3.06. The molecule has 0 saturated heterocycles. The molecule has 0 atom stereocenters. The molecule has 0 aliphatic heterocycles. The molecule has 0 spiro atoms. The van der Waals surface area contributed by atoms with E-state index < -0.39 is 10.1 Å². The van der Waals surface area contributed by atoms with Crippen LogP contribution in [0.15, 0.2) is 46.8 Å². The van der Waals surface area contributed by atoms with Crippen LogP contribution in [0, 0.1) is 25.2 Å². The minimum Gasteiger partial charge on any atom is -0.496 e. The van der Waals surface area contributed by atoms with Gasteiger partial charge in [-0.2, -0.15) is 13.7 Å². The maximum atomic E-state index is 10.6. The van der Waals surface area contributed by atoms with E-state index in [1.807, 2.05) is 37.3 Å². The monoisotopic (exact) mass is 417 g/mol. The van der Waals surface area contributed by atoms with E-state index in [4.69, 9.17) is 20.3 Å². The summed E-state index contributed by atoms with van der Waals surface area (Å²) in [5.41, 5.74) is 9.99. The van der Waals surface area contributed by atoms with E-state index in [1.54, 1.807) is 19.2 Å². The molecule has 0 unspecified atom stereocenters. The zero-order valence-corrected chi connectivity index (χ0v) is 17.1. The summed E-state index contributed by atoms with van der Waals surface area (Å²) in [5, 5.41) is 8.67. The van der Waals surface area contributed by atoms with Crippen molar-refractivity contribution in [2.24, 2.45) is 0 Å². The Labute approximate surface area is 167 Å². The number of methoxy groups -OCH3 is 1. The number of benzene rings is 1. The van der Waals surface area contributed by atoms with Crippen molar-refractivity contribution in [3.8, 4) is 23.1 Å². The molecular formula is C19H19N3O4S2. The van der Waals surface area contributed by atoms with Crippen molar-refractivity contribution in [1.29, 1.82) is 5.26 Å². The van der Waals surface area contributed by atoms with Crippen molar-refractivity contribution in [3.05, 3.63) is 58.6 Å². The molecule has 0 saturated carbocycles. The summed E-state index contributed by atoms with van der Waals surface area (Å²) in [7, 11) is -2.63. The van der Waals surface area contributed by atoms with E-state index in [0.29, 0.717) is 11.3 Å². The Balaban J connectivity index is 0.000000209. The van der Waals surface area contributed by atoms with Crippen LogP contribution in [0.3, 0.4) is 0 Å². The molecule has 3 rings (SSSR count). The van der Waals surface area contributed by atoms with Crippen molar-refractivity contribution in [1.82, 2.24) is 4.98 Å². The zero-order valence-electron chi connectivity index (χ0n) is 15.5. The molecule has 7 nitrogen and oxygen atoms in total. The minimum atomic E-state index is -4.08. The molecule has 3 aromatic rings. The molecule has 0 aliphatic carbocycles. The molecule has 0 radical (unpaired) electrons. The molecule has 0 bridgehead atoms. The molecule has 146 valence electrons. The standard InChI is InChI=1S/C13H11N3.C6H8O4S2/c1-9-2-4-11(6-12(9)15)13-5-3-10(7-14)8-16-13;1-4-5(10-2)3-6(11-4)12(7,8)9/h2-6,8H,15H2,1H3;3H,1-2H3,(H,7,8,9). The van der Waals surface area contributed by atoms with Crippen molar-refractivity contribution in [2.45, 2.75) is 18.1 Å². The van der Waals surface area contributed by atoms with Gasteiger partial charge in [0.25, 0.3) is 0 Å². The molecule has 2 aromatic heterocycles. The van der Waals surface area contributed by atoms with Gasteiger partial charge in [0, 0.05) is 28.4 Å². The fraction of sp³-hybridized carbons (Fsp3) is 0.158. The van der Waals surface area contributed by atoms with Crippen molar-refractivity contribution in [3.63, 3.8) is 0 Å². The lowest BCUT2D eigenvalue weighted by Crippen LogP contribution is -1.93. The predicted octanol–water partition coefficient (Wildman–Crippen LogP) is 3.82. The molecule has 0 aliphatic rings. The van der Waals surface area contributed by atoms with Gasteiger partial charge in [-0.05, 0) is 37.6 Å². The number of hydrogen-bond donors (Lipinski definition) is 2. The van der Waals surface area contributed by atoms with Gasteiger partial charge < -0.3 is 10.5 Å². The van der Waals surface area contributed by atoms with Crippen LogP contribution in [-0.2, 0) is 10.1 Å². The van der Waals surface area contributed by atoms with Crippen LogP contribution in [0.5, 0.6) is 5.75 Å². The highest BCUT2D eigenvalue weighted by Gasteiger charge is 2.15. The number of aromatic nitrogens is 1. The van der Waals surface area contributed by atoms with Gasteiger partial charge in [0.1, 0.15) is 11.8 Å². The lowest BCUT2D eigenvalue weighted by Gasteiger charge is -2.04. The van der Waals surface area contributed by atoms with E-state index in [1.165, 1.54) is 13.2 Å². The van der Waals surface area contributed by atoms with Crippen LogP contribution in [0.4, 0.5) is 5.69 Å². The van der Waals surface area contributed by atoms with Crippen molar-refractivity contribution >= 4 is 27.1 Å². The summed E-state index contributed by atoms with van der Waals surface area (Å²) in [5.74, 6) is 0.479. The van der Waals surface area contributed by atoms with Gasteiger partial charge in [-0.3, -0.25) is 9.54 Å². The van der Waals surface area contributed by atoms with Gasteiger partial charge >= 0.3 is 10.1 Å². The molecule has 3 N–H and O–H groups in total. The average molecular weight is 418 g/mol. The van der Waals surface area contributed by atoms with Gasteiger partial charge in [0.05, 0.1) is 18.4 Å². The maximum absolute atomic E-state index is 10.6. The number of ether oxygens (including phenoxy) is 1. The van der Waals surface area contributed by atoms with Crippen molar-refractivity contribution in [2.75, 3.05) is 12.8 Å². The topological polar surface area (TPSA) is 126 Å². The minimum absolute atomic E-state index is 0.0862. The number of nitrogens with two attached hydrogens (primary N) is 1. The number of hydrogen-bond acceptors (Lipinski definition) is 7. The summed E-state index contributed by atoms with van der Waals surface area (Å²) in [6.07, 6.45) is 1.56. The quantitative estimate of drug-likeness (QED) is 0.490. The second-order valence-electron chi connectivity index (χ2n) is 5.78. The highest BCUT2D eigenvalue weighted by molar-refractivity contribution is 7.88. The second kappa shape index (κ2) is 8.84. The van der Waals surface area contributed by atoms with Gasteiger partial charge in [-0.25, -0.2) is 0 Å². The second-order valence-corrected chi connectivity index (χ2v) is 8.69. The largest absolute Gasteiger partial charge is 0.496 e. The lowest BCUT2D eigenvalue weighted by atomic mass is 10.1. The Hall–Kier alpha value is -2.93. The molecule has 28 heavy (non-hydrogen) atoms. The first-order valence-corrected chi connectivity index (χ1v) is 10.3. The van der Waals surface area contributed by atoms with Crippen LogP contribution < -0.4 is 10.5 Å². The molecule has 0 amide bonds. The van der Waals surface area contributed by atoms with Crippen molar-refractivity contribution < 1.29 is 17.7 Å². The number of nitrogens with zero attached hydrogens (tertiary/aromatic N) is 2. The third kappa shape index (κ3) is 5.29. The summed E-state index contributed by atoms with van der Waals surface area (Å²) in [6, 6.07) is 12.7. The van der Waals surface area contributed by atoms with Crippen LogP contribution >= 0.6 is 11.3 Å². The van der Waals surface area contributed by atoms with Gasteiger partial charge in [0.2, 0.25) is 0 Å². The van der Waals surface area contributed by atoms with Crippen LogP contribution in [0.25, 0.3) is 11.3 Å². The van der Waals surface area contributed by atoms with Gasteiger partial charge in [-0.1, -0.05) is 12.1 Å². The normalized spacial score (nSPS) is 10.5. The van der Waals surface area contributed by atoms with Gasteiger partial charge in [-0.15, -0.1) is 11.3 Å². The lowest BCUT2D eigenvalue weighted by molar-refractivity contribution is 0.413. The summed E-state index contributed by atoms with van der Waals surface area (Å²) in [4.78, 5) is 4.94. The van der Waals surface area contributed by atoms with E-state index in [9.17, 15) is 8.42 Å². The van der Waals surface area contributed by atoms with E-state index in [0.717, 1.165) is 38.7 Å². The summed E-state index contributed by atoms with van der Waals surface area (Å²) in [6.45, 7) is 3.68. The highest BCUT2D eigenvalue weighted by Crippen LogP contribution is 2.30. The molecular weight excluding hydrogens is 398 g/mol. The first kappa shape index (κ1) is 21.4.